The average molecular weight is 437 g/mol. The standard InChI is InChI=1S/C20H19N7O3S/c1-13(18-23-24-19(30-18)14-2-4-15(5-3-14)27(28)29)25-7-9-26(10-8-25)17-16-6-11-31-20(16)22-12-21-17/h2-6,11-13H,7-10H2,1H3. The molecule has 0 bridgehead atoms. The van der Waals surface area contributed by atoms with Crippen molar-refractivity contribution in [1.29, 1.82) is 0 Å². The summed E-state index contributed by atoms with van der Waals surface area (Å²) in [4.78, 5) is 24.8. The van der Waals surface area contributed by atoms with Gasteiger partial charge in [-0.25, -0.2) is 9.97 Å². The molecule has 158 valence electrons. The van der Waals surface area contributed by atoms with Gasteiger partial charge in [-0.05, 0) is 30.5 Å². The second-order valence-corrected chi connectivity index (χ2v) is 8.18. The van der Waals surface area contributed by atoms with E-state index in [0.29, 0.717) is 17.3 Å². The van der Waals surface area contributed by atoms with Gasteiger partial charge in [-0.15, -0.1) is 21.5 Å². The Bertz CT molecular complexity index is 1210. The van der Waals surface area contributed by atoms with E-state index in [-0.39, 0.29) is 11.7 Å². The number of rotatable bonds is 5. The zero-order valence-corrected chi connectivity index (χ0v) is 17.5. The molecule has 10 nitrogen and oxygen atoms in total. The zero-order chi connectivity index (χ0) is 21.4. The van der Waals surface area contributed by atoms with E-state index < -0.39 is 4.92 Å². The van der Waals surface area contributed by atoms with E-state index in [0.717, 1.165) is 42.2 Å². The van der Waals surface area contributed by atoms with Crippen molar-refractivity contribution in [2.75, 3.05) is 31.1 Å². The summed E-state index contributed by atoms with van der Waals surface area (Å²) < 4.78 is 5.88. The number of piperazine rings is 1. The molecule has 3 aromatic heterocycles. The molecule has 31 heavy (non-hydrogen) atoms. The predicted molar refractivity (Wildman–Crippen MR) is 116 cm³/mol. The van der Waals surface area contributed by atoms with Crippen LogP contribution in [-0.2, 0) is 0 Å². The highest BCUT2D eigenvalue weighted by Crippen LogP contribution is 2.29. The highest BCUT2D eigenvalue weighted by atomic mass is 32.1. The Morgan fingerprint density at radius 1 is 1.10 bits per heavy atom. The quantitative estimate of drug-likeness (QED) is 0.341. The summed E-state index contributed by atoms with van der Waals surface area (Å²) in [5.74, 6) is 1.87. The monoisotopic (exact) mass is 437 g/mol. The zero-order valence-electron chi connectivity index (χ0n) is 16.7. The molecule has 1 unspecified atom stereocenters. The van der Waals surface area contributed by atoms with Crippen molar-refractivity contribution in [3.63, 3.8) is 0 Å². The third-order valence-electron chi connectivity index (χ3n) is 5.53. The van der Waals surface area contributed by atoms with Crippen LogP contribution in [0, 0.1) is 10.1 Å². The van der Waals surface area contributed by atoms with Crippen molar-refractivity contribution in [1.82, 2.24) is 25.1 Å². The maximum absolute atomic E-state index is 10.8. The number of nitro groups is 1. The first-order valence-corrected chi connectivity index (χ1v) is 10.7. The van der Waals surface area contributed by atoms with E-state index in [1.807, 2.05) is 12.3 Å². The number of thiophene rings is 1. The molecule has 4 heterocycles. The summed E-state index contributed by atoms with van der Waals surface area (Å²) in [5, 5.41) is 22.3. The average Bonchev–Trinajstić information content (AvgIpc) is 3.48. The molecule has 1 aliphatic heterocycles. The van der Waals surface area contributed by atoms with Crippen molar-refractivity contribution < 1.29 is 9.34 Å². The van der Waals surface area contributed by atoms with Crippen LogP contribution in [0.4, 0.5) is 11.5 Å². The van der Waals surface area contributed by atoms with Gasteiger partial charge >= 0.3 is 0 Å². The fourth-order valence-electron chi connectivity index (χ4n) is 3.75. The van der Waals surface area contributed by atoms with E-state index in [2.05, 4.69) is 36.0 Å². The Morgan fingerprint density at radius 3 is 2.61 bits per heavy atom. The van der Waals surface area contributed by atoms with Crippen LogP contribution in [0.1, 0.15) is 18.9 Å². The Hall–Kier alpha value is -3.44. The van der Waals surface area contributed by atoms with Gasteiger partial charge in [0.1, 0.15) is 17.0 Å². The summed E-state index contributed by atoms with van der Waals surface area (Å²) in [7, 11) is 0. The van der Waals surface area contributed by atoms with Gasteiger partial charge in [-0.3, -0.25) is 15.0 Å². The van der Waals surface area contributed by atoms with Crippen LogP contribution >= 0.6 is 11.3 Å². The van der Waals surface area contributed by atoms with Crippen molar-refractivity contribution in [3.05, 3.63) is 58.0 Å². The van der Waals surface area contributed by atoms with Gasteiger partial charge in [-0.1, -0.05) is 0 Å². The Kier molecular flexibility index (Phi) is 5.04. The molecular weight excluding hydrogens is 418 g/mol. The summed E-state index contributed by atoms with van der Waals surface area (Å²) in [6.07, 6.45) is 1.63. The van der Waals surface area contributed by atoms with Gasteiger partial charge < -0.3 is 9.32 Å². The molecule has 0 N–H and O–H groups in total. The smallest absolute Gasteiger partial charge is 0.269 e. The molecule has 0 aliphatic carbocycles. The second-order valence-electron chi connectivity index (χ2n) is 7.29. The normalized spacial score (nSPS) is 16.0. The highest BCUT2D eigenvalue weighted by Gasteiger charge is 2.27. The topological polar surface area (TPSA) is 114 Å². The summed E-state index contributed by atoms with van der Waals surface area (Å²) >= 11 is 1.62. The number of anilines is 1. The van der Waals surface area contributed by atoms with E-state index >= 15 is 0 Å². The van der Waals surface area contributed by atoms with Gasteiger partial charge in [0, 0.05) is 43.9 Å². The fraction of sp³-hybridized carbons (Fsp3) is 0.300. The van der Waals surface area contributed by atoms with Crippen LogP contribution in [0.2, 0.25) is 0 Å². The molecule has 0 radical (unpaired) electrons. The van der Waals surface area contributed by atoms with Crippen molar-refractivity contribution in [2.24, 2.45) is 0 Å². The third-order valence-corrected chi connectivity index (χ3v) is 6.35. The van der Waals surface area contributed by atoms with Crippen LogP contribution in [0.25, 0.3) is 21.7 Å². The van der Waals surface area contributed by atoms with E-state index in [4.69, 9.17) is 4.42 Å². The van der Waals surface area contributed by atoms with Crippen LogP contribution in [0.15, 0.2) is 46.5 Å². The third kappa shape index (κ3) is 3.73. The van der Waals surface area contributed by atoms with Gasteiger partial charge in [0.05, 0.1) is 16.4 Å². The number of non-ortho nitro benzene ring substituents is 1. The SMILES string of the molecule is CC(c1nnc(-c2ccc([N+](=O)[O-])cc2)o1)N1CCN(c2ncnc3sccc23)CC1. The molecule has 4 aromatic rings. The maximum atomic E-state index is 10.8. The van der Waals surface area contributed by atoms with E-state index in [9.17, 15) is 10.1 Å². The largest absolute Gasteiger partial charge is 0.419 e. The Labute approximate surface area is 181 Å². The molecule has 1 fully saturated rings. The number of aromatic nitrogens is 4. The van der Waals surface area contributed by atoms with Crippen molar-refractivity contribution in [2.45, 2.75) is 13.0 Å². The number of benzene rings is 1. The van der Waals surface area contributed by atoms with Crippen LogP contribution in [0.3, 0.4) is 0 Å². The first-order chi connectivity index (χ1) is 15.1. The number of nitro benzene ring substituents is 1. The lowest BCUT2D eigenvalue weighted by Gasteiger charge is -2.37. The lowest BCUT2D eigenvalue weighted by molar-refractivity contribution is -0.384. The molecule has 1 aromatic carbocycles. The Balaban J connectivity index is 1.26. The number of fused-ring (bicyclic) bond motifs is 1. The van der Waals surface area contributed by atoms with Crippen molar-refractivity contribution >= 4 is 33.1 Å². The van der Waals surface area contributed by atoms with Gasteiger partial charge in [0.15, 0.2) is 0 Å². The molecule has 5 rings (SSSR count). The lowest BCUT2D eigenvalue weighted by Crippen LogP contribution is -2.47. The highest BCUT2D eigenvalue weighted by molar-refractivity contribution is 7.16. The van der Waals surface area contributed by atoms with Crippen LogP contribution < -0.4 is 4.90 Å². The molecule has 0 spiro atoms. The first-order valence-electron chi connectivity index (χ1n) is 9.85. The van der Waals surface area contributed by atoms with E-state index in [1.165, 1.54) is 12.1 Å². The van der Waals surface area contributed by atoms with E-state index in [1.54, 1.807) is 29.8 Å². The number of hydrogen-bond acceptors (Lipinski definition) is 10. The summed E-state index contributed by atoms with van der Waals surface area (Å²) in [5.41, 5.74) is 0.683. The number of nitrogens with zero attached hydrogens (tertiary/aromatic N) is 7. The molecule has 0 amide bonds. The molecule has 11 heteroatoms. The predicted octanol–water partition coefficient (Wildman–Crippen LogP) is 3.53. The lowest BCUT2D eigenvalue weighted by atomic mass is 10.2. The molecule has 0 saturated carbocycles. The second kappa shape index (κ2) is 8.00. The van der Waals surface area contributed by atoms with Crippen LogP contribution in [-0.4, -0.2) is 56.2 Å². The first kappa shape index (κ1) is 19.5. The minimum absolute atomic E-state index is 0.0261. The molecule has 1 saturated heterocycles. The molecule has 1 atom stereocenters. The maximum Gasteiger partial charge on any atom is 0.269 e. The van der Waals surface area contributed by atoms with Gasteiger partial charge in [0.25, 0.3) is 5.69 Å². The molecular formula is C20H19N7O3S. The van der Waals surface area contributed by atoms with Crippen LogP contribution in [0.5, 0.6) is 0 Å². The minimum atomic E-state index is -0.435. The summed E-state index contributed by atoms with van der Waals surface area (Å²) in [6, 6.07) is 8.13. The van der Waals surface area contributed by atoms with Gasteiger partial charge in [0.2, 0.25) is 11.8 Å². The number of hydrogen-bond donors (Lipinski definition) is 0. The van der Waals surface area contributed by atoms with Gasteiger partial charge in [-0.2, -0.15) is 0 Å². The Morgan fingerprint density at radius 2 is 1.87 bits per heavy atom. The fourth-order valence-corrected chi connectivity index (χ4v) is 4.48. The molecule has 1 aliphatic rings. The van der Waals surface area contributed by atoms with Crippen molar-refractivity contribution in [3.8, 4) is 11.5 Å². The summed E-state index contributed by atoms with van der Waals surface area (Å²) in [6.45, 7) is 5.41. The minimum Gasteiger partial charge on any atom is -0.419 e.